The lowest BCUT2D eigenvalue weighted by atomic mass is 10.2. The molecule has 0 aliphatic heterocycles. The summed E-state index contributed by atoms with van der Waals surface area (Å²) in [4.78, 5) is 0. The van der Waals surface area contributed by atoms with Crippen LogP contribution in [0.2, 0.25) is 5.15 Å². The second-order valence-electron chi connectivity index (χ2n) is 3.87. The minimum absolute atomic E-state index is 0.411. The van der Waals surface area contributed by atoms with Crippen molar-refractivity contribution in [3.05, 3.63) is 50.7 Å². The van der Waals surface area contributed by atoms with E-state index in [2.05, 4.69) is 27.1 Å². The molecule has 0 saturated carbocycles. The van der Waals surface area contributed by atoms with Crippen molar-refractivity contribution in [1.82, 2.24) is 9.78 Å². The van der Waals surface area contributed by atoms with E-state index in [1.807, 2.05) is 31.2 Å². The Morgan fingerprint density at radius 2 is 2.28 bits per heavy atom. The highest BCUT2D eigenvalue weighted by atomic mass is 79.9. The van der Waals surface area contributed by atoms with Gasteiger partial charge in [0.1, 0.15) is 16.8 Å². The first-order chi connectivity index (χ1) is 8.65. The smallest absolute Gasteiger partial charge is 0.145 e. The fourth-order valence-electron chi connectivity index (χ4n) is 1.76. The van der Waals surface area contributed by atoms with E-state index in [-0.39, 0.29) is 0 Å². The van der Waals surface area contributed by atoms with Crippen molar-refractivity contribution in [2.24, 2.45) is 0 Å². The van der Waals surface area contributed by atoms with Crippen molar-refractivity contribution >= 4 is 27.5 Å². The lowest BCUT2D eigenvalue weighted by molar-refractivity contribution is 0.674. The van der Waals surface area contributed by atoms with Crippen LogP contribution in [0.4, 0.5) is 0 Å². The highest BCUT2D eigenvalue weighted by Crippen LogP contribution is 2.21. The number of aryl methyl sites for hydroxylation is 1. The van der Waals surface area contributed by atoms with Gasteiger partial charge in [0.05, 0.1) is 12.2 Å². The number of hydrogen-bond donors (Lipinski definition) is 0. The third kappa shape index (κ3) is 2.58. The van der Waals surface area contributed by atoms with Crippen LogP contribution in [0.15, 0.2) is 28.7 Å². The van der Waals surface area contributed by atoms with Gasteiger partial charge < -0.3 is 0 Å². The van der Waals surface area contributed by atoms with Crippen LogP contribution in [0.1, 0.15) is 23.7 Å². The van der Waals surface area contributed by atoms with Gasteiger partial charge in [-0.2, -0.15) is 10.4 Å². The van der Waals surface area contributed by atoms with Crippen LogP contribution in [-0.2, 0) is 13.0 Å². The maximum Gasteiger partial charge on any atom is 0.145 e. The van der Waals surface area contributed by atoms with Crippen LogP contribution in [-0.4, -0.2) is 9.78 Å². The van der Waals surface area contributed by atoms with E-state index in [4.69, 9.17) is 16.9 Å². The summed E-state index contributed by atoms with van der Waals surface area (Å²) >= 11 is 9.59. The minimum atomic E-state index is 0.411. The third-order valence-electron chi connectivity index (χ3n) is 2.63. The SMILES string of the molecule is CCc1nn(Cc2cccc(Br)c2)c(Cl)c1C#N. The molecule has 0 amide bonds. The van der Waals surface area contributed by atoms with Gasteiger partial charge in [-0.25, -0.2) is 4.68 Å². The van der Waals surface area contributed by atoms with Gasteiger partial charge in [0, 0.05) is 4.47 Å². The van der Waals surface area contributed by atoms with Gasteiger partial charge in [-0.05, 0) is 24.1 Å². The molecule has 2 rings (SSSR count). The van der Waals surface area contributed by atoms with Crippen LogP contribution in [0, 0.1) is 11.3 Å². The van der Waals surface area contributed by atoms with E-state index in [9.17, 15) is 0 Å². The summed E-state index contributed by atoms with van der Waals surface area (Å²) in [5.74, 6) is 0. The van der Waals surface area contributed by atoms with E-state index >= 15 is 0 Å². The number of benzene rings is 1. The molecule has 0 N–H and O–H groups in total. The molecule has 0 atom stereocenters. The fraction of sp³-hybridized carbons (Fsp3) is 0.231. The third-order valence-corrected chi connectivity index (χ3v) is 3.51. The Labute approximate surface area is 119 Å². The van der Waals surface area contributed by atoms with Crippen molar-refractivity contribution < 1.29 is 0 Å². The summed E-state index contributed by atoms with van der Waals surface area (Å²) in [6.45, 7) is 2.52. The first kappa shape index (κ1) is 13.1. The topological polar surface area (TPSA) is 41.6 Å². The molecule has 0 saturated heterocycles. The molecule has 0 radical (unpaired) electrons. The Hall–Kier alpha value is -1.31. The zero-order valence-corrected chi connectivity index (χ0v) is 12.2. The monoisotopic (exact) mass is 323 g/mol. The molecule has 1 aromatic heterocycles. The predicted octanol–water partition coefficient (Wildman–Crippen LogP) is 3.78. The van der Waals surface area contributed by atoms with Crippen molar-refractivity contribution in [3.63, 3.8) is 0 Å². The summed E-state index contributed by atoms with van der Waals surface area (Å²) in [6.07, 6.45) is 0.702. The molecule has 3 nitrogen and oxygen atoms in total. The largest absolute Gasteiger partial charge is 0.248 e. The molecule has 0 aliphatic carbocycles. The molecule has 1 aromatic carbocycles. The van der Waals surface area contributed by atoms with Gasteiger partial charge in [0.25, 0.3) is 0 Å². The number of nitrogens with zero attached hydrogens (tertiary/aromatic N) is 3. The maximum atomic E-state index is 9.06. The zero-order chi connectivity index (χ0) is 13.1. The summed E-state index contributed by atoms with van der Waals surface area (Å²) in [6, 6.07) is 10.0. The first-order valence-electron chi connectivity index (χ1n) is 5.55. The van der Waals surface area contributed by atoms with Gasteiger partial charge in [0.2, 0.25) is 0 Å². The number of rotatable bonds is 3. The summed E-state index contributed by atoms with van der Waals surface area (Å²) in [5.41, 5.74) is 2.31. The molecule has 1 heterocycles. The molecule has 0 spiro atoms. The van der Waals surface area contributed by atoms with E-state index in [0.717, 1.165) is 15.7 Å². The second kappa shape index (κ2) is 5.55. The predicted molar refractivity (Wildman–Crippen MR) is 74.6 cm³/mol. The average Bonchev–Trinajstić information content (AvgIpc) is 2.66. The first-order valence-corrected chi connectivity index (χ1v) is 6.72. The van der Waals surface area contributed by atoms with Crippen molar-refractivity contribution in [3.8, 4) is 6.07 Å². The number of halogens is 2. The quantitative estimate of drug-likeness (QED) is 0.862. The van der Waals surface area contributed by atoms with Gasteiger partial charge in [-0.3, -0.25) is 0 Å². The summed E-state index contributed by atoms with van der Waals surface area (Å²) in [7, 11) is 0. The normalized spacial score (nSPS) is 10.3. The van der Waals surface area contributed by atoms with Crippen LogP contribution >= 0.6 is 27.5 Å². The van der Waals surface area contributed by atoms with E-state index in [0.29, 0.717) is 23.7 Å². The van der Waals surface area contributed by atoms with Crippen LogP contribution in [0.5, 0.6) is 0 Å². The lowest BCUT2D eigenvalue weighted by Crippen LogP contribution is -2.02. The lowest BCUT2D eigenvalue weighted by Gasteiger charge is -2.03. The average molecular weight is 325 g/mol. The summed E-state index contributed by atoms with van der Waals surface area (Å²) in [5, 5.41) is 13.8. The number of aromatic nitrogens is 2. The molecule has 2 aromatic rings. The van der Waals surface area contributed by atoms with E-state index < -0.39 is 0 Å². The van der Waals surface area contributed by atoms with Gasteiger partial charge in [-0.15, -0.1) is 0 Å². The standard InChI is InChI=1S/C13H11BrClN3/c1-2-12-11(7-16)13(15)18(17-12)8-9-4-3-5-10(14)6-9/h3-6H,2,8H2,1H3. The van der Waals surface area contributed by atoms with Crippen LogP contribution in [0.25, 0.3) is 0 Å². The Kier molecular flexibility index (Phi) is 4.05. The van der Waals surface area contributed by atoms with Gasteiger partial charge in [0.15, 0.2) is 0 Å². The molecule has 0 aliphatic rings. The molecular formula is C13H11BrClN3. The van der Waals surface area contributed by atoms with Gasteiger partial charge in [-0.1, -0.05) is 46.6 Å². The Morgan fingerprint density at radius 3 is 2.83 bits per heavy atom. The molecule has 92 valence electrons. The van der Waals surface area contributed by atoms with Gasteiger partial charge >= 0.3 is 0 Å². The molecule has 0 unspecified atom stereocenters. The molecule has 0 bridgehead atoms. The van der Waals surface area contributed by atoms with Crippen molar-refractivity contribution in [2.45, 2.75) is 19.9 Å². The highest BCUT2D eigenvalue weighted by molar-refractivity contribution is 9.10. The number of nitriles is 1. The van der Waals surface area contributed by atoms with E-state index in [1.54, 1.807) is 4.68 Å². The molecular weight excluding hydrogens is 314 g/mol. The second-order valence-corrected chi connectivity index (χ2v) is 5.14. The highest BCUT2D eigenvalue weighted by Gasteiger charge is 2.14. The van der Waals surface area contributed by atoms with Crippen LogP contribution < -0.4 is 0 Å². The maximum absolute atomic E-state index is 9.06. The molecule has 5 heteroatoms. The van der Waals surface area contributed by atoms with Crippen molar-refractivity contribution in [2.75, 3.05) is 0 Å². The Balaban J connectivity index is 2.36. The summed E-state index contributed by atoms with van der Waals surface area (Å²) < 4.78 is 2.68. The fourth-order valence-corrected chi connectivity index (χ4v) is 2.45. The van der Waals surface area contributed by atoms with E-state index in [1.165, 1.54) is 0 Å². The Morgan fingerprint density at radius 1 is 1.50 bits per heavy atom. The minimum Gasteiger partial charge on any atom is -0.248 e. The number of hydrogen-bond acceptors (Lipinski definition) is 2. The van der Waals surface area contributed by atoms with Crippen molar-refractivity contribution in [1.29, 1.82) is 5.26 Å². The zero-order valence-electron chi connectivity index (χ0n) is 9.82. The molecule has 18 heavy (non-hydrogen) atoms. The van der Waals surface area contributed by atoms with Crippen LogP contribution in [0.3, 0.4) is 0 Å². The molecule has 0 fully saturated rings. The Bertz CT molecular complexity index is 613.